The molecule has 2 aliphatic heterocycles. The molecule has 0 bridgehead atoms. The molecule has 17 heteroatoms. The first-order valence-corrected chi connectivity index (χ1v) is 24.2. The number of amides is 8. The normalized spacial score (nSPS) is 21.8. The highest BCUT2D eigenvalue weighted by Crippen LogP contribution is 2.32. The number of hydrogen-bond donors (Lipinski definition) is 8. The van der Waals surface area contributed by atoms with Crippen LogP contribution in [0.15, 0.2) is 48.5 Å². The Morgan fingerprint density at radius 1 is 0.576 bits per heavy atom. The van der Waals surface area contributed by atoms with Crippen LogP contribution in [0.5, 0.6) is 0 Å². The number of carbonyl (C=O) groups is 7. The minimum Gasteiger partial charge on any atom is -0.347 e. The molecule has 66 heavy (non-hydrogen) atoms. The Kier molecular flexibility index (Phi) is 18.4. The molecule has 0 spiro atoms. The summed E-state index contributed by atoms with van der Waals surface area (Å²) >= 11 is 0. The van der Waals surface area contributed by atoms with Gasteiger partial charge < -0.3 is 52.3 Å². The van der Waals surface area contributed by atoms with Crippen LogP contribution in [-0.2, 0) is 41.6 Å². The number of nitrogens with one attached hydrogen (secondary N) is 8. The first-order valence-electron chi connectivity index (χ1n) is 24.2. The average molecular weight is 913 g/mol. The molecule has 0 radical (unpaired) electrons. The summed E-state index contributed by atoms with van der Waals surface area (Å²) in [6.45, 7) is 4.63. The molecule has 2 aliphatic carbocycles. The van der Waals surface area contributed by atoms with Crippen molar-refractivity contribution in [3.63, 3.8) is 0 Å². The zero-order valence-corrected chi connectivity index (χ0v) is 39.2. The molecule has 2 fully saturated rings. The van der Waals surface area contributed by atoms with Crippen LogP contribution in [0.2, 0.25) is 0 Å². The lowest BCUT2D eigenvalue weighted by Gasteiger charge is -2.32. The number of fused-ring (bicyclic) bond motifs is 2. The standard InChI is InChI=1S/C49H72N10O7/c1-31(50-3)43(60)56-39(47(64)58-29-13-25-41(58)45(62)54-37-21-9-17-33-15-5-7-19-35(33)37)23-11-27-52-49(66)53-28-12-24-40(57-44(61)32(2)51-4)48(65)59-30-14-26-42(59)46(63)55-38-22-10-18-34-16-6-8-20-36(34)38/h5-8,15-16,19-20,31-32,37-42,50-51H,9-14,17-18,21-30H2,1-4H3,(H,54,62)(H,55,63)(H,56,60)(H,57,61)(H2,52,53,66)/t31-,32+,37-,38-,39+,40+,41?,42+/m1/s1. The summed E-state index contributed by atoms with van der Waals surface area (Å²) in [7, 11) is 3.32. The van der Waals surface area contributed by atoms with Gasteiger partial charge in [-0.25, -0.2) is 4.79 Å². The number of urea groups is 1. The average Bonchev–Trinajstić information content (AvgIpc) is 4.04. The minimum absolute atomic E-state index is 0.117. The SMILES string of the molecule is CN[C@@H](C)C(=O)N[C@@H](CCCNC(=O)NCCC[C@H](NC(=O)[C@@H](C)NC)C(=O)N1CCCC1C(=O)N[C@@H]1CCCc2ccccc21)C(=O)N1CCC[C@H]1C(=O)N[C@@H]1CCCc2ccccc21. The van der Waals surface area contributed by atoms with Crippen molar-refractivity contribution >= 4 is 41.5 Å². The van der Waals surface area contributed by atoms with Gasteiger partial charge in [-0.2, -0.15) is 0 Å². The van der Waals surface area contributed by atoms with Crippen molar-refractivity contribution < 1.29 is 33.6 Å². The quantitative estimate of drug-likeness (QED) is 0.0914. The van der Waals surface area contributed by atoms with Crippen LogP contribution in [0, 0.1) is 0 Å². The topological polar surface area (TPSA) is 222 Å². The van der Waals surface area contributed by atoms with E-state index in [1.807, 2.05) is 24.3 Å². The highest BCUT2D eigenvalue weighted by molar-refractivity contribution is 5.94. The van der Waals surface area contributed by atoms with Gasteiger partial charge in [-0.1, -0.05) is 48.5 Å². The van der Waals surface area contributed by atoms with Gasteiger partial charge in [0.05, 0.1) is 24.2 Å². The molecule has 2 heterocycles. The third-order valence-electron chi connectivity index (χ3n) is 13.8. The van der Waals surface area contributed by atoms with Crippen LogP contribution in [0.3, 0.4) is 0 Å². The number of rotatable bonds is 20. The van der Waals surface area contributed by atoms with E-state index in [4.69, 9.17) is 0 Å². The smallest absolute Gasteiger partial charge is 0.314 e. The van der Waals surface area contributed by atoms with E-state index in [9.17, 15) is 33.6 Å². The molecule has 2 aromatic carbocycles. The van der Waals surface area contributed by atoms with Crippen LogP contribution >= 0.6 is 0 Å². The second-order valence-corrected chi connectivity index (χ2v) is 18.3. The Hall–Kier alpha value is -5.55. The summed E-state index contributed by atoms with van der Waals surface area (Å²) in [5, 5.41) is 23.6. The van der Waals surface area contributed by atoms with E-state index in [2.05, 4.69) is 66.8 Å². The molecule has 8 amide bonds. The highest BCUT2D eigenvalue weighted by atomic mass is 16.2. The fourth-order valence-corrected chi connectivity index (χ4v) is 9.80. The Bertz CT molecular complexity index is 1890. The van der Waals surface area contributed by atoms with Crippen LogP contribution in [0.25, 0.3) is 0 Å². The number of likely N-dealkylation sites (tertiary alicyclic amines) is 2. The van der Waals surface area contributed by atoms with Gasteiger partial charge in [0.25, 0.3) is 0 Å². The van der Waals surface area contributed by atoms with Crippen molar-refractivity contribution in [2.24, 2.45) is 0 Å². The van der Waals surface area contributed by atoms with Gasteiger partial charge in [0, 0.05) is 26.2 Å². The summed E-state index contributed by atoms with van der Waals surface area (Å²) in [4.78, 5) is 97.9. The predicted octanol–water partition coefficient (Wildman–Crippen LogP) is 2.40. The van der Waals surface area contributed by atoms with E-state index in [1.165, 1.54) is 11.1 Å². The molecule has 2 aromatic rings. The predicted molar refractivity (Wildman–Crippen MR) is 251 cm³/mol. The Labute approximate surface area is 389 Å². The summed E-state index contributed by atoms with van der Waals surface area (Å²) in [5.74, 6) is -1.72. The lowest BCUT2D eigenvalue weighted by Crippen LogP contribution is -2.56. The largest absolute Gasteiger partial charge is 0.347 e. The van der Waals surface area contributed by atoms with E-state index < -0.39 is 42.3 Å². The van der Waals surface area contributed by atoms with Crippen molar-refractivity contribution in [1.29, 1.82) is 0 Å². The monoisotopic (exact) mass is 913 g/mol. The minimum atomic E-state index is -0.900. The van der Waals surface area contributed by atoms with Crippen molar-refractivity contribution in [3.8, 4) is 0 Å². The van der Waals surface area contributed by atoms with Crippen molar-refractivity contribution in [2.45, 2.75) is 152 Å². The van der Waals surface area contributed by atoms with Crippen molar-refractivity contribution in [3.05, 3.63) is 70.8 Å². The van der Waals surface area contributed by atoms with Crippen LogP contribution in [-0.4, -0.2) is 128 Å². The lowest BCUT2D eigenvalue weighted by atomic mass is 9.87. The Balaban J connectivity index is 0.985. The molecule has 2 saturated heterocycles. The van der Waals surface area contributed by atoms with E-state index >= 15 is 0 Å². The third-order valence-corrected chi connectivity index (χ3v) is 13.8. The molecule has 1 unspecified atom stereocenters. The summed E-state index contributed by atoms with van der Waals surface area (Å²) in [6, 6.07) is 11.4. The molecule has 4 aliphatic rings. The number of benzene rings is 2. The van der Waals surface area contributed by atoms with E-state index in [1.54, 1.807) is 37.7 Å². The van der Waals surface area contributed by atoms with Gasteiger partial charge in [-0.3, -0.25) is 28.8 Å². The zero-order valence-electron chi connectivity index (χ0n) is 39.2. The van der Waals surface area contributed by atoms with Crippen molar-refractivity contribution in [1.82, 2.24) is 52.3 Å². The summed E-state index contributed by atoms with van der Waals surface area (Å²) < 4.78 is 0. The van der Waals surface area contributed by atoms with Crippen LogP contribution < -0.4 is 42.5 Å². The highest BCUT2D eigenvalue weighted by Gasteiger charge is 2.40. The number of likely N-dealkylation sites (N-methyl/N-ethyl adjacent to an activating group) is 2. The second kappa shape index (κ2) is 24.3. The van der Waals surface area contributed by atoms with Gasteiger partial charge >= 0.3 is 6.03 Å². The molecule has 6 rings (SSSR count). The van der Waals surface area contributed by atoms with E-state index in [-0.39, 0.29) is 73.5 Å². The van der Waals surface area contributed by atoms with Gasteiger partial charge in [-0.05, 0) is 140 Å². The number of nitrogens with zero attached hydrogens (tertiary/aromatic N) is 2. The van der Waals surface area contributed by atoms with Gasteiger partial charge in [-0.15, -0.1) is 0 Å². The number of aryl methyl sites for hydroxylation is 2. The third kappa shape index (κ3) is 12.9. The molecule has 8 N–H and O–H groups in total. The second-order valence-electron chi connectivity index (χ2n) is 18.3. The molecule has 360 valence electrons. The first-order chi connectivity index (χ1) is 31.9. The van der Waals surface area contributed by atoms with Crippen LogP contribution in [0.1, 0.15) is 125 Å². The van der Waals surface area contributed by atoms with E-state index in [0.717, 1.165) is 49.7 Å². The number of carbonyl (C=O) groups excluding carboxylic acids is 7. The van der Waals surface area contributed by atoms with Gasteiger partial charge in [0.1, 0.15) is 24.2 Å². The van der Waals surface area contributed by atoms with E-state index in [0.29, 0.717) is 51.6 Å². The maximum Gasteiger partial charge on any atom is 0.314 e. The molecule has 8 atom stereocenters. The fraction of sp³-hybridized carbons (Fsp3) is 0.612. The van der Waals surface area contributed by atoms with Crippen LogP contribution in [0.4, 0.5) is 4.79 Å². The maximum absolute atomic E-state index is 14.1. The Morgan fingerprint density at radius 3 is 1.39 bits per heavy atom. The Morgan fingerprint density at radius 2 is 0.985 bits per heavy atom. The molecular weight excluding hydrogens is 841 g/mol. The maximum atomic E-state index is 14.1. The first kappa shape index (κ1) is 49.9. The van der Waals surface area contributed by atoms with Gasteiger partial charge in [0.2, 0.25) is 35.4 Å². The summed E-state index contributed by atoms with van der Waals surface area (Å²) in [6.07, 6.45) is 9.15. The number of hydrogen-bond acceptors (Lipinski definition) is 9. The molecule has 0 saturated carbocycles. The zero-order chi connectivity index (χ0) is 47.2. The van der Waals surface area contributed by atoms with Gasteiger partial charge in [0.15, 0.2) is 0 Å². The molecular formula is C49H72N10O7. The summed E-state index contributed by atoms with van der Waals surface area (Å²) in [5.41, 5.74) is 4.70. The molecule has 0 aromatic heterocycles. The van der Waals surface area contributed by atoms with Crippen molar-refractivity contribution in [2.75, 3.05) is 40.3 Å². The lowest BCUT2D eigenvalue weighted by molar-refractivity contribution is -0.142. The fourth-order valence-electron chi connectivity index (χ4n) is 9.80. The molecule has 17 nitrogen and oxygen atoms in total.